The average molecular weight is 298 g/mol. The lowest BCUT2D eigenvalue weighted by atomic mass is 10.2. The van der Waals surface area contributed by atoms with Gasteiger partial charge in [0.05, 0.1) is 12.6 Å². The first-order valence-electron chi connectivity index (χ1n) is 5.05. The van der Waals surface area contributed by atoms with Crippen LogP contribution >= 0.6 is 15.9 Å². The number of halogens is 1. The third kappa shape index (κ3) is 2.91. The molecule has 17 heavy (non-hydrogen) atoms. The molecule has 2 N–H and O–H groups in total. The van der Waals surface area contributed by atoms with E-state index in [0.717, 1.165) is 10.0 Å². The van der Waals surface area contributed by atoms with E-state index in [1.165, 1.54) is 0 Å². The highest BCUT2D eigenvalue weighted by Crippen LogP contribution is 2.21. The van der Waals surface area contributed by atoms with Crippen LogP contribution in [0, 0.1) is 0 Å². The fraction of sp³-hybridized carbons (Fsp3) is 0.273. The van der Waals surface area contributed by atoms with Gasteiger partial charge in [-0.3, -0.25) is 0 Å². The smallest absolute Gasteiger partial charge is 0.257 e. The van der Waals surface area contributed by atoms with Crippen molar-refractivity contribution >= 4 is 15.9 Å². The van der Waals surface area contributed by atoms with Gasteiger partial charge in [0.1, 0.15) is 0 Å². The molecule has 2 aromatic rings. The van der Waals surface area contributed by atoms with Crippen molar-refractivity contribution in [2.75, 3.05) is 13.7 Å². The van der Waals surface area contributed by atoms with Crippen LogP contribution in [-0.4, -0.2) is 23.9 Å². The molecule has 1 heterocycles. The predicted octanol–water partition coefficient (Wildman–Crippen LogP) is 2.15. The molecular formula is C11H12BrN3O2. The van der Waals surface area contributed by atoms with Gasteiger partial charge in [0.15, 0.2) is 5.82 Å². The van der Waals surface area contributed by atoms with Crippen molar-refractivity contribution in [2.45, 2.75) is 6.04 Å². The van der Waals surface area contributed by atoms with Gasteiger partial charge < -0.3 is 15.0 Å². The predicted molar refractivity (Wildman–Crippen MR) is 66.2 cm³/mol. The third-order valence-electron chi connectivity index (χ3n) is 2.21. The monoisotopic (exact) mass is 297 g/mol. The summed E-state index contributed by atoms with van der Waals surface area (Å²) in [5.74, 6) is 0.906. The molecule has 1 unspecified atom stereocenters. The summed E-state index contributed by atoms with van der Waals surface area (Å²) in [5, 5.41) is 3.83. The summed E-state index contributed by atoms with van der Waals surface area (Å²) in [6, 6.07) is 7.24. The molecule has 1 aromatic carbocycles. The Balaban J connectivity index is 2.20. The molecule has 0 saturated carbocycles. The summed E-state index contributed by atoms with van der Waals surface area (Å²) in [4.78, 5) is 4.23. The van der Waals surface area contributed by atoms with Gasteiger partial charge in [-0.25, -0.2) is 0 Å². The van der Waals surface area contributed by atoms with Crippen LogP contribution in [-0.2, 0) is 4.74 Å². The molecular weight excluding hydrogens is 286 g/mol. The Labute approximate surface area is 107 Å². The third-order valence-corrected chi connectivity index (χ3v) is 2.74. The van der Waals surface area contributed by atoms with E-state index in [1.54, 1.807) is 7.11 Å². The van der Waals surface area contributed by atoms with Gasteiger partial charge in [-0.1, -0.05) is 21.1 Å². The fourth-order valence-corrected chi connectivity index (χ4v) is 1.61. The number of benzene rings is 1. The first-order chi connectivity index (χ1) is 8.20. The van der Waals surface area contributed by atoms with Gasteiger partial charge >= 0.3 is 0 Å². The van der Waals surface area contributed by atoms with Crippen molar-refractivity contribution < 1.29 is 9.26 Å². The van der Waals surface area contributed by atoms with Crippen molar-refractivity contribution in [1.29, 1.82) is 0 Å². The normalized spacial score (nSPS) is 12.6. The van der Waals surface area contributed by atoms with Gasteiger partial charge in [-0.05, 0) is 24.3 Å². The highest BCUT2D eigenvalue weighted by atomic mass is 79.9. The number of aromatic nitrogens is 2. The van der Waals surface area contributed by atoms with Gasteiger partial charge in [0, 0.05) is 17.1 Å². The van der Waals surface area contributed by atoms with Gasteiger partial charge in [-0.15, -0.1) is 0 Å². The second kappa shape index (κ2) is 5.39. The van der Waals surface area contributed by atoms with Gasteiger partial charge in [-0.2, -0.15) is 4.98 Å². The highest BCUT2D eigenvalue weighted by Gasteiger charge is 2.14. The SMILES string of the molecule is COCC(N)c1noc(-c2ccc(Br)cc2)n1. The Morgan fingerprint density at radius 2 is 2.12 bits per heavy atom. The Bertz CT molecular complexity index is 484. The van der Waals surface area contributed by atoms with Crippen molar-refractivity contribution in [3.63, 3.8) is 0 Å². The largest absolute Gasteiger partial charge is 0.383 e. The molecule has 0 aliphatic rings. The molecule has 5 nitrogen and oxygen atoms in total. The van der Waals surface area contributed by atoms with Crippen molar-refractivity contribution in [1.82, 2.24) is 10.1 Å². The van der Waals surface area contributed by atoms with Crippen molar-refractivity contribution in [3.8, 4) is 11.5 Å². The van der Waals surface area contributed by atoms with E-state index in [9.17, 15) is 0 Å². The Morgan fingerprint density at radius 3 is 2.76 bits per heavy atom. The Hall–Kier alpha value is -1.24. The highest BCUT2D eigenvalue weighted by molar-refractivity contribution is 9.10. The van der Waals surface area contributed by atoms with Gasteiger partial charge in [0.2, 0.25) is 0 Å². The Kier molecular flexibility index (Phi) is 3.88. The summed E-state index contributed by atoms with van der Waals surface area (Å²) in [6.07, 6.45) is 0. The van der Waals surface area contributed by atoms with E-state index >= 15 is 0 Å². The van der Waals surface area contributed by atoms with Crippen LogP contribution < -0.4 is 5.73 Å². The number of hydrogen-bond acceptors (Lipinski definition) is 5. The van der Waals surface area contributed by atoms with E-state index in [1.807, 2.05) is 24.3 Å². The number of nitrogens with zero attached hydrogens (tertiary/aromatic N) is 2. The summed E-state index contributed by atoms with van der Waals surface area (Å²) in [6.45, 7) is 0.360. The first-order valence-corrected chi connectivity index (χ1v) is 5.84. The van der Waals surface area contributed by atoms with Crippen LogP contribution in [0.5, 0.6) is 0 Å². The zero-order valence-electron chi connectivity index (χ0n) is 9.26. The maximum Gasteiger partial charge on any atom is 0.257 e. The van der Waals surface area contributed by atoms with E-state index in [4.69, 9.17) is 15.0 Å². The molecule has 1 aromatic heterocycles. The first kappa shape index (κ1) is 12.2. The summed E-state index contributed by atoms with van der Waals surface area (Å²) in [7, 11) is 1.58. The molecule has 0 spiro atoms. The molecule has 0 aliphatic carbocycles. The molecule has 2 rings (SSSR count). The van der Waals surface area contributed by atoms with Gasteiger partial charge in [0.25, 0.3) is 5.89 Å². The van der Waals surface area contributed by atoms with Crippen LogP contribution in [0.3, 0.4) is 0 Å². The van der Waals surface area contributed by atoms with Crippen LogP contribution in [0.25, 0.3) is 11.5 Å². The molecule has 0 amide bonds. The molecule has 0 aliphatic heterocycles. The number of nitrogens with two attached hydrogens (primary N) is 1. The average Bonchev–Trinajstić information content (AvgIpc) is 2.80. The van der Waals surface area contributed by atoms with Crippen LogP contribution in [0.4, 0.5) is 0 Å². The van der Waals surface area contributed by atoms with Crippen LogP contribution in [0.1, 0.15) is 11.9 Å². The van der Waals surface area contributed by atoms with E-state index in [-0.39, 0.29) is 6.04 Å². The summed E-state index contributed by atoms with van der Waals surface area (Å²) in [5.41, 5.74) is 6.66. The second-order valence-corrected chi connectivity index (χ2v) is 4.44. The number of ether oxygens (including phenoxy) is 1. The number of hydrogen-bond donors (Lipinski definition) is 1. The minimum absolute atomic E-state index is 0.360. The molecule has 0 saturated heterocycles. The van der Waals surface area contributed by atoms with Crippen molar-refractivity contribution in [3.05, 3.63) is 34.6 Å². The zero-order chi connectivity index (χ0) is 12.3. The van der Waals surface area contributed by atoms with Crippen LogP contribution in [0.15, 0.2) is 33.3 Å². The minimum atomic E-state index is -0.368. The summed E-state index contributed by atoms with van der Waals surface area (Å²) < 4.78 is 11.1. The van der Waals surface area contributed by atoms with E-state index < -0.39 is 0 Å². The fourth-order valence-electron chi connectivity index (χ4n) is 1.35. The lowest BCUT2D eigenvalue weighted by Crippen LogP contribution is -2.17. The molecule has 0 fully saturated rings. The topological polar surface area (TPSA) is 74.2 Å². The lowest BCUT2D eigenvalue weighted by Gasteiger charge is -2.03. The second-order valence-electron chi connectivity index (χ2n) is 3.53. The maximum absolute atomic E-state index is 5.80. The standard InChI is InChI=1S/C11H12BrN3O2/c1-16-6-9(13)10-14-11(17-15-10)7-2-4-8(12)5-3-7/h2-5,9H,6,13H2,1H3. The number of rotatable bonds is 4. The molecule has 1 atom stereocenters. The quantitative estimate of drug-likeness (QED) is 0.936. The summed E-state index contributed by atoms with van der Waals surface area (Å²) >= 11 is 3.36. The van der Waals surface area contributed by atoms with E-state index in [2.05, 4.69) is 26.1 Å². The number of methoxy groups -OCH3 is 1. The van der Waals surface area contributed by atoms with Crippen molar-refractivity contribution in [2.24, 2.45) is 5.73 Å². The Morgan fingerprint density at radius 1 is 1.41 bits per heavy atom. The maximum atomic E-state index is 5.80. The lowest BCUT2D eigenvalue weighted by molar-refractivity contribution is 0.177. The molecule has 90 valence electrons. The van der Waals surface area contributed by atoms with E-state index in [0.29, 0.717) is 18.3 Å². The molecule has 6 heteroatoms. The minimum Gasteiger partial charge on any atom is -0.383 e. The molecule has 0 bridgehead atoms. The van der Waals surface area contributed by atoms with Crippen LogP contribution in [0.2, 0.25) is 0 Å². The molecule has 0 radical (unpaired) electrons. The zero-order valence-corrected chi connectivity index (χ0v) is 10.8.